The highest BCUT2D eigenvalue weighted by atomic mass is 16.4. The smallest absolute Gasteiger partial charge is 0.371 e. The van der Waals surface area contributed by atoms with Crippen LogP contribution in [0, 0.1) is 0 Å². The second-order valence-corrected chi connectivity index (χ2v) is 5.88. The average Bonchev–Trinajstić information content (AvgIpc) is 3.13. The number of nitrogens with one attached hydrogen (secondary N) is 1. The number of aromatic carboxylic acids is 1. The maximum atomic E-state index is 12.4. The summed E-state index contributed by atoms with van der Waals surface area (Å²) in [5, 5.41) is 11.6. The lowest BCUT2D eigenvalue weighted by molar-refractivity contribution is 0.0659. The number of carboxylic acid groups (broad SMARTS) is 1. The van der Waals surface area contributed by atoms with Crippen molar-refractivity contribution in [3.63, 3.8) is 0 Å². The fraction of sp³-hybridized carbons (Fsp3) is 0.278. The predicted molar refractivity (Wildman–Crippen MR) is 88.5 cm³/mol. The Kier molecular flexibility index (Phi) is 4.83. The number of carbonyl (C=O) groups is 3. The molecule has 0 radical (unpaired) electrons. The Morgan fingerprint density at radius 2 is 1.64 bits per heavy atom. The standard InChI is InChI=1S/C18H18N2O5/c21-16(14-6-7-15(25-14)18(23)24)19-13-8-10-20(11-9-13)17(22)12-4-2-1-3-5-12/h1-7,13H,8-11H2,(H,19,21)(H,23,24). The molecule has 1 aliphatic rings. The Morgan fingerprint density at radius 3 is 2.24 bits per heavy atom. The lowest BCUT2D eigenvalue weighted by Crippen LogP contribution is -2.46. The van der Waals surface area contributed by atoms with Gasteiger partial charge in [-0.25, -0.2) is 4.79 Å². The topological polar surface area (TPSA) is 99.8 Å². The fourth-order valence-corrected chi connectivity index (χ4v) is 2.82. The second kappa shape index (κ2) is 7.21. The molecule has 2 heterocycles. The van der Waals surface area contributed by atoms with E-state index in [1.165, 1.54) is 12.1 Å². The van der Waals surface area contributed by atoms with E-state index in [1.807, 2.05) is 18.2 Å². The highest BCUT2D eigenvalue weighted by Gasteiger charge is 2.25. The first-order valence-corrected chi connectivity index (χ1v) is 8.03. The van der Waals surface area contributed by atoms with Gasteiger partial charge in [0.2, 0.25) is 5.76 Å². The van der Waals surface area contributed by atoms with E-state index in [0.717, 1.165) is 0 Å². The minimum absolute atomic E-state index is 0.0116. The van der Waals surface area contributed by atoms with E-state index < -0.39 is 11.9 Å². The molecule has 7 heteroatoms. The zero-order valence-electron chi connectivity index (χ0n) is 13.5. The molecule has 130 valence electrons. The minimum Gasteiger partial charge on any atom is -0.475 e. The average molecular weight is 342 g/mol. The molecule has 2 aromatic rings. The van der Waals surface area contributed by atoms with E-state index in [4.69, 9.17) is 9.52 Å². The predicted octanol–water partition coefficient (Wildman–Crippen LogP) is 2.01. The molecule has 7 nitrogen and oxygen atoms in total. The number of furan rings is 1. The summed E-state index contributed by atoms with van der Waals surface area (Å²) in [6, 6.07) is 11.6. The maximum Gasteiger partial charge on any atom is 0.371 e. The summed E-state index contributed by atoms with van der Waals surface area (Å²) < 4.78 is 4.99. The largest absolute Gasteiger partial charge is 0.475 e. The van der Waals surface area contributed by atoms with Crippen LogP contribution in [0.5, 0.6) is 0 Å². The van der Waals surface area contributed by atoms with E-state index in [9.17, 15) is 14.4 Å². The molecule has 0 aliphatic carbocycles. The summed E-state index contributed by atoms with van der Waals surface area (Å²) >= 11 is 0. The number of benzene rings is 1. The van der Waals surface area contributed by atoms with Crippen LogP contribution in [0.25, 0.3) is 0 Å². The van der Waals surface area contributed by atoms with Crippen molar-refractivity contribution in [3.05, 3.63) is 59.5 Å². The third-order valence-electron chi connectivity index (χ3n) is 4.18. The lowest BCUT2D eigenvalue weighted by Gasteiger charge is -2.32. The quantitative estimate of drug-likeness (QED) is 0.885. The molecule has 25 heavy (non-hydrogen) atoms. The summed E-state index contributed by atoms with van der Waals surface area (Å²) in [7, 11) is 0. The SMILES string of the molecule is O=C(O)c1ccc(C(=O)NC2CCN(C(=O)c3ccccc3)CC2)o1. The van der Waals surface area contributed by atoms with Gasteiger partial charge in [0.1, 0.15) is 0 Å². The Bertz CT molecular complexity index is 776. The van der Waals surface area contributed by atoms with Crippen molar-refractivity contribution in [3.8, 4) is 0 Å². The van der Waals surface area contributed by atoms with Gasteiger partial charge in [-0.15, -0.1) is 0 Å². The number of hydrogen-bond donors (Lipinski definition) is 2. The molecule has 1 fully saturated rings. The van der Waals surface area contributed by atoms with E-state index in [1.54, 1.807) is 17.0 Å². The third-order valence-corrected chi connectivity index (χ3v) is 4.18. The molecule has 1 aromatic heterocycles. The Balaban J connectivity index is 1.53. The van der Waals surface area contributed by atoms with Crippen molar-refractivity contribution in [1.29, 1.82) is 0 Å². The molecule has 0 unspecified atom stereocenters. The molecule has 0 saturated carbocycles. The number of nitrogens with zero attached hydrogens (tertiary/aromatic N) is 1. The van der Waals surface area contributed by atoms with Crippen LogP contribution >= 0.6 is 0 Å². The van der Waals surface area contributed by atoms with Crippen LogP contribution in [-0.2, 0) is 0 Å². The van der Waals surface area contributed by atoms with E-state index in [2.05, 4.69) is 5.32 Å². The molecular weight excluding hydrogens is 324 g/mol. The van der Waals surface area contributed by atoms with Gasteiger partial charge in [0, 0.05) is 24.7 Å². The van der Waals surface area contributed by atoms with Gasteiger partial charge < -0.3 is 19.7 Å². The summed E-state index contributed by atoms with van der Waals surface area (Å²) in [5.41, 5.74) is 0.654. The molecular formula is C18H18N2O5. The fourth-order valence-electron chi connectivity index (χ4n) is 2.82. The second-order valence-electron chi connectivity index (χ2n) is 5.88. The number of hydrogen-bond acceptors (Lipinski definition) is 4. The molecule has 1 saturated heterocycles. The summed E-state index contributed by atoms with van der Waals surface area (Å²) in [4.78, 5) is 37.0. The summed E-state index contributed by atoms with van der Waals surface area (Å²) in [6.07, 6.45) is 1.27. The van der Waals surface area contributed by atoms with Crippen LogP contribution in [0.2, 0.25) is 0 Å². The number of amides is 2. The van der Waals surface area contributed by atoms with Gasteiger partial charge in [0.05, 0.1) is 0 Å². The molecule has 0 spiro atoms. The Morgan fingerprint density at radius 1 is 1.00 bits per heavy atom. The van der Waals surface area contributed by atoms with Crippen molar-refractivity contribution < 1.29 is 23.9 Å². The van der Waals surface area contributed by atoms with E-state index in [0.29, 0.717) is 31.5 Å². The number of piperidine rings is 1. The van der Waals surface area contributed by atoms with Gasteiger partial charge in [-0.3, -0.25) is 9.59 Å². The van der Waals surface area contributed by atoms with Gasteiger partial charge in [0.15, 0.2) is 5.76 Å². The van der Waals surface area contributed by atoms with Gasteiger partial charge >= 0.3 is 5.97 Å². The Hall–Kier alpha value is -3.09. The molecule has 2 N–H and O–H groups in total. The lowest BCUT2D eigenvalue weighted by atomic mass is 10.0. The first-order valence-electron chi connectivity index (χ1n) is 8.03. The zero-order valence-corrected chi connectivity index (χ0v) is 13.5. The molecule has 3 rings (SSSR count). The third kappa shape index (κ3) is 3.88. The van der Waals surface area contributed by atoms with Crippen LogP contribution in [0.15, 0.2) is 46.9 Å². The van der Waals surface area contributed by atoms with Crippen LogP contribution in [-0.4, -0.2) is 46.9 Å². The van der Waals surface area contributed by atoms with Crippen LogP contribution in [0.4, 0.5) is 0 Å². The molecule has 0 bridgehead atoms. The van der Waals surface area contributed by atoms with Gasteiger partial charge in [-0.05, 0) is 37.1 Å². The van der Waals surface area contributed by atoms with Gasteiger partial charge in [-0.1, -0.05) is 18.2 Å². The maximum absolute atomic E-state index is 12.4. The van der Waals surface area contributed by atoms with Crippen molar-refractivity contribution in [2.24, 2.45) is 0 Å². The molecule has 0 atom stereocenters. The normalized spacial score (nSPS) is 15.0. The first kappa shape index (κ1) is 16.8. The highest BCUT2D eigenvalue weighted by Crippen LogP contribution is 2.15. The van der Waals surface area contributed by atoms with E-state index >= 15 is 0 Å². The number of rotatable bonds is 4. The number of carbonyl (C=O) groups excluding carboxylic acids is 2. The van der Waals surface area contributed by atoms with E-state index in [-0.39, 0.29) is 23.5 Å². The zero-order chi connectivity index (χ0) is 17.8. The highest BCUT2D eigenvalue weighted by molar-refractivity contribution is 5.95. The Labute approximate surface area is 144 Å². The monoisotopic (exact) mass is 342 g/mol. The summed E-state index contributed by atoms with van der Waals surface area (Å²) in [6.45, 7) is 1.11. The summed E-state index contributed by atoms with van der Waals surface area (Å²) in [5.74, 6) is -1.97. The van der Waals surface area contributed by atoms with Crippen molar-refractivity contribution >= 4 is 17.8 Å². The van der Waals surface area contributed by atoms with Crippen molar-refractivity contribution in [2.45, 2.75) is 18.9 Å². The van der Waals surface area contributed by atoms with Gasteiger partial charge in [-0.2, -0.15) is 0 Å². The molecule has 2 amide bonds. The van der Waals surface area contributed by atoms with Crippen molar-refractivity contribution in [2.75, 3.05) is 13.1 Å². The molecule has 1 aliphatic heterocycles. The van der Waals surface area contributed by atoms with Crippen molar-refractivity contribution in [1.82, 2.24) is 10.2 Å². The number of likely N-dealkylation sites (tertiary alicyclic amines) is 1. The van der Waals surface area contributed by atoms with Crippen LogP contribution < -0.4 is 5.32 Å². The minimum atomic E-state index is -1.22. The number of carboxylic acids is 1. The van der Waals surface area contributed by atoms with Gasteiger partial charge in [0.25, 0.3) is 11.8 Å². The van der Waals surface area contributed by atoms with Crippen LogP contribution in [0.1, 0.15) is 44.3 Å². The first-order chi connectivity index (χ1) is 12.0. The van der Waals surface area contributed by atoms with Crippen LogP contribution in [0.3, 0.4) is 0 Å². The molecule has 1 aromatic carbocycles.